The summed E-state index contributed by atoms with van der Waals surface area (Å²) >= 11 is 16.8. The molecule has 158 valence electrons. The molecular weight excluding hydrogens is 546 g/mol. The first-order valence-corrected chi connectivity index (χ1v) is 13.4. The Labute approximate surface area is 206 Å². The van der Waals surface area contributed by atoms with Gasteiger partial charge in [-0.25, -0.2) is 4.98 Å². The van der Waals surface area contributed by atoms with Crippen LogP contribution < -0.4 is 4.90 Å². The monoisotopic (exact) mass is 570 g/mol. The summed E-state index contributed by atoms with van der Waals surface area (Å²) in [5.41, 5.74) is 4.62. The molecule has 0 bridgehead atoms. The van der Waals surface area contributed by atoms with Crippen molar-refractivity contribution in [2.45, 2.75) is 50.1 Å². The summed E-state index contributed by atoms with van der Waals surface area (Å²) in [6, 6.07) is 15.2. The van der Waals surface area contributed by atoms with E-state index in [1.54, 1.807) is 17.4 Å². The Balaban J connectivity index is 1.69. The minimum Gasteiger partial charge on any atom is -0.340 e. The maximum Gasteiger partial charge on any atom is 0.186 e. The Morgan fingerprint density at radius 2 is 1.83 bits per heavy atom. The number of nitrogens with zero attached hydrogens (tertiary/aromatic N) is 2. The fourth-order valence-electron chi connectivity index (χ4n) is 3.98. The van der Waals surface area contributed by atoms with Crippen molar-refractivity contribution in [1.82, 2.24) is 4.98 Å². The van der Waals surface area contributed by atoms with E-state index >= 15 is 0 Å². The van der Waals surface area contributed by atoms with E-state index in [0.717, 1.165) is 39.7 Å². The quantitative estimate of drug-likeness (QED) is 0.199. The van der Waals surface area contributed by atoms with Crippen LogP contribution in [0.15, 0.2) is 42.5 Å². The molecule has 1 fully saturated rings. The molecular formula is C24H25Cl2IN2S. The molecule has 1 heterocycles. The van der Waals surface area contributed by atoms with Crippen LogP contribution in [0.2, 0.25) is 10.0 Å². The maximum absolute atomic E-state index is 6.50. The number of hydrogen-bond acceptors (Lipinski definition) is 3. The van der Waals surface area contributed by atoms with Crippen molar-refractivity contribution in [1.29, 1.82) is 0 Å². The zero-order valence-electron chi connectivity index (χ0n) is 17.2. The van der Waals surface area contributed by atoms with Gasteiger partial charge in [0.2, 0.25) is 0 Å². The molecule has 0 amide bonds. The molecule has 0 aliphatic heterocycles. The van der Waals surface area contributed by atoms with E-state index in [1.807, 2.05) is 12.1 Å². The average molecular weight is 571 g/mol. The zero-order valence-corrected chi connectivity index (χ0v) is 21.7. The number of benzene rings is 2. The van der Waals surface area contributed by atoms with Crippen LogP contribution in [-0.4, -0.2) is 11.0 Å². The first kappa shape index (κ1) is 22.4. The number of halogens is 3. The second-order valence-electron chi connectivity index (χ2n) is 7.92. The Kier molecular flexibility index (Phi) is 7.28. The van der Waals surface area contributed by atoms with Gasteiger partial charge in [0.25, 0.3) is 0 Å². The first-order chi connectivity index (χ1) is 14.5. The molecule has 1 aromatic heterocycles. The van der Waals surface area contributed by atoms with Gasteiger partial charge in [-0.2, -0.15) is 0 Å². The van der Waals surface area contributed by atoms with Crippen molar-refractivity contribution >= 4 is 62.3 Å². The molecule has 2 nitrogen and oxygen atoms in total. The van der Waals surface area contributed by atoms with Crippen LogP contribution in [0.4, 0.5) is 5.13 Å². The van der Waals surface area contributed by atoms with E-state index in [1.165, 1.54) is 28.8 Å². The molecule has 2 aromatic carbocycles. The molecule has 4 rings (SSSR count). The molecule has 0 spiro atoms. The Morgan fingerprint density at radius 1 is 1.13 bits per heavy atom. The number of aryl methyl sites for hydroxylation is 1. The van der Waals surface area contributed by atoms with Gasteiger partial charge in [0, 0.05) is 32.5 Å². The minimum absolute atomic E-state index is 0.522. The minimum atomic E-state index is 0.522. The largest absolute Gasteiger partial charge is 0.340 e. The smallest absolute Gasteiger partial charge is 0.186 e. The molecule has 0 radical (unpaired) electrons. The molecule has 1 aliphatic rings. The van der Waals surface area contributed by atoms with Gasteiger partial charge in [0.1, 0.15) is 0 Å². The Bertz CT molecular complexity index is 1010. The molecule has 6 heteroatoms. The summed E-state index contributed by atoms with van der Waals surface area (Å²) in [5, 5.41) is 2.39. The van der Waals surface area contributed by atoms with Gasteiger partial charge >= 0.3 is 0 Å². The van der Waals surface area contributed by atoms with Crippen LogP contribution in [-0.2, 0) is 11.0 Å². The standard InChI is InChI=1S/C24H25Cl2IN2S/c1-3-22(18-8-9-18)29(14-17-6-4-16(13-27)5-7-17)24-28-23(15(2)30-24)20-11-10-19(25)12-21(20)26/h4-7,10-12,18,22H,3,8-9,13-14H2,1-2H3. The second kappa shape index (κ2) is 9.76. The summed E-state index contributed by atoms with van der Waals surface area (Å²) in [4.78, 5) is 8.81. The van der Waals surface area contributed by atoms with E-state index in [4.69, 9.17) is 28.2 Å². The molecule has 1 aliphatic carbocycles. The highest BCUT2D eigenvalue weighted by atomic mass is 127. The van der Waals surface area contributed by atoms with Gasteiger partial charge in [-0.15, -0.1) is 11.3 Å². The third kappa shape index (κ3) is 4.98. The number of aromatic nitrogens is 1. The van der Waals surface area contributed by atoms with Crippen molar-refractivity contribution in [3.05, 3.63) is 68.5 Å². The second-order valence-corrected chi connectivity index (χ2v) is 10.7. The van der Waals surface area contributed by atoms with Gasteiger partial charge < -0.3 is 4.90 Å². The fraction of sp³-hybridized carbons (Fsp3) is 0.375. The molecule has 1 unspecified atom stereocenters. The lowest BCUT2D eigenvalue weighted by Gasteiger charge is -2.31. The van der Waals surface area contributed by atoms with Crippen LogP contribution in [0.1, 0.15) is 42.2 Å². The van der Waals surface area contributed by atoms with Crippen molar-refractivity contribution in [3.63, 3.8) is 0 Å². The predicted octanol–water partition coefficient (Wildman–Crippen LogP) is 8.56. The Morgan fingerprint density at radius 3 is 2.43 bits per heavy atom. The normalized spacial score (nSPS) is 14.7. The summed E-state index contributed by atoms with van der Waals surface area (Å²) in [6.45, 7) is 5.32. The van der Waals surface area contributed by atoms with Gasteiger partial charge in [-0.05, 0) is 61.4 Å². The highest BCUT2D eigenvalue weighted by molar-refractivity contribution is 14.1. The SMILES string of the molecule is CCC(C1CC1)N(Cc1ccc(CI)cc1)c1nc(-c2ccc(Cl)cc2Cl)c(C)s1. The van der Waals surface area contributed by atoms with Crippen LogP contribution >= 0.6 is 57.1 Å². The van der Waals surface area contributed by atoms with E-state index in [0.29, 0.717) is 16.1 Å². The third-order valence-electron chi connectivity index (χ3n) is 5.73. The number of thiazole rings is 1. The van der Waals surface area contributed by atoms with E-state index < -0.39 is 0 Å². The molecule has 30 heavy (non-hydrogen) atoms. The first-order valence-electron chi connectivity index (χ1n) is 10.3. The summed E-state index contributed by atoms with van der Waals surface area (Å²) in [7, 11) is 0. The highest BCUT2D eigenvalue weighted by Gasteiger charge is 2.35. The fourth-order valence-corrected chi connectivity index (χ4v) is 5.97. The van der Waals surface area contributed by atoms with E-state index in [2.05, 4.69) is 65.6 Å². The topological polar surface area (TPSA) is 16.1 Å². The molecule has 0 N–H and O–H groups in total. The predicted molar refractivity (Wildman–Crippen MR) is 139 cm³/mol. The van der Waals surface area contributed by atoms with Gasteiger partial charge in [-0.3, -0.25) is 0 Å². The maximum atomic E-state index is 6.50. The lowest BCUT2D eigenvalue weighted by molar-refractivity contribution is 0.513. The highest BCUT2D eigenvalue weighted by Crippen LogP contribution is 2.42. The van der Waals surface area contributed by atoms with Crippen molar-refractivity contribution < 1.29 is 0 Å². The zero-order chi connectivity index (χ0) is 21.3. The average Bonchev–Trinajstić information content (AvgIpc) is 3.50. The van der Waals surface area contributed by atoms with Gasteiger partial charge in [-0.1, -0.05) is 77.0 Å². The van der Waals surface area contributed by atoms with Gasteiger partial charge in [0.15, 0.2) is 5.13 Å². The van der Waals surface area contributed by atoms with E-state index in [-0.39, 0.29) is 0 Å². The molecule has 3 aromatic rings. The lowest BCUT2D eigenvalue weighted by atomic mass is 10.1. The molecule has 0 saturated heterocycles. The van der Waals surface area contributed by atoms with Crippen molar-refractivity contribution in [3.8, 4) is 11.3 Å². The van der Waals surface area contributed by atoms with Gasteiger partial charge in [0.05, 0.1) is 10.7 Å². The van der Waals surface area contributed by atoms with Crippen molar-refractivity contribution in [2.75, 3.05) is 4.90 Å². The van der Waals surface area contributed by atoms with Crippen LogP contribution in [0.3, 0.4) is 0 Å². The summed E-state index contributed by atoms with van der Waals surface area (Å²) in [5.74, 6) is 0.774. The number of hydrogen-bond donors (Lipinski definition) is 0. The van der Waals surface area contributed by atoms with Crippen molar-refractivity contribution in [2.24, 2.45) is 5.92 Å². The third-order valence-corrected chi connectivity index (χ3v) is 8.17. The molecule has 1 atom stereocenters. The van der Waals surface area contributed by atoms with Crippen LogP contribution in [0.25, 0.3) is 11.3 Å². The summed E-state index contributed by atoms with van der Waals surface area (Å²) < 4.78 is 1.04. The number of rotatable bonds is 8. The number of anilines is 1. The molecule has 1 saturated carbocycles. The Hall–Kier alpha value is -0.820. The van der Waals surface area contributed by atoms with Crippen LogP contribution in [0, 0.1) is 12.8 Å². The van der Waals surface area contributed by atoms with Crippen LogP contribution in [0.5, 0.6) is 0 Å². The summed E-state index contributed by atoms with van der Waals surface area (Å²) in [6.07, 6.45) is 3.78. The number of alkyl halides is 1. The lowest BCUT2D eigenvalue weighted by Crippen LogP contribution is -2.36. The van der Waals surface area contributed by atoms with E-state index in [9.17, 15) is 0 Å².